The topological polar surface area (TPSA) is 99.1 Å². The third-order valence-electron chi connectivity index (χ3n) is 10.5. The molecule has 0 spiro atoms. The number of nitrogens with zero attached hydrogens (tertiary/aromatic N) is 4. The first-order chi connectivity index (χ1) is 18.4. The minimum Gasteiger partial charge on any atom is -0.454 e. The summed E-state index contributed by atoms with van der Waals surface area (Å²) in [5, 5.41) is 15.6. The highest BCUT2D eigenvalue weighted by Gasteiger charge is 2.55. The van der Waals surface area contributed by atoms with Crippen LogP contribution in [0.25, 0.3) is 5.69 Å². The molecule has 3 aliphatic carbocycles. The Morgan fingerprint density at radius 2 is 1.82 bits per heavy atom. The Morgan fingerprint density at radius 1 is 1.05 bits per heavy atom. The maximum absolute atomic E-state index is 10.7. The van der Waals surface area contributed by atoms with Crippen molar-refractivity contribution in [3.8, 4) is 17.2 Å². The number of hydrogen-bond donors (Lipinski definition) is 2. The second kappa shape index (κ2) is 10.1. The van der Waals surface area contributed by atoms with Gasteiger partial charge in [-0.25, -0.2) is 14.6 Å². The van der Waals surface area contributed by atoms with Gasteiger partial charge in [0.15, 0.2) is 5.75 Å². The molecule has 6 rings (SSSR count). The molecule has 0 saturated heterocycles. The van der Waals surface area contributed by atoms with E-state index < -0.39 is 0 Å². The van der Waals surface area contributed by atoms with Crippen LogP contribution in [0.2, 0.25) is 0 Å². The predicted molar refractivity (Wildman–Crippen MR) is 147 cm³/mol. The van der Waals surface area contributed by atoms with Crippen LogP contribution in [0.3, 0.4) is 0 Å². The van der Waals surface area contributed by atoms with Crippen molar-refractivity contribution in [3.05, 3.63) is 60.4 Å². The number of aliphatic hydroxyl groups excluding tert-OH is 1. The average molecular weight is 516 g/mol. The third kappa shape index (κ3) is 4.24. The molecule has 0 bridgehead atoms. The second-order valence-corrected chi connectivity index (χ2v) is 12.5. The highest BCUT2D eigenvalue weighted by molar-refractivity contribution is 5.41. The van der Waals surface area contributed by atoms with Gasteiger partial charge in [-0.3, -0.25) is 0 Å². The molecule has 7 heteroatoms. The van der Waals surface area contributed by atoms with Crippen LogP contribution in [0.5, 0.6) is 11.5 Å². The Hall–Kier alpha value is -2.77. The van der Waals surface area contributed by atoms with Gasteiger partial charge in [-0.05, 0) is 109 Å². The molecule has 3 aliphatic rings. The second-order valence-electron chi connectivity index (χ2n) is 12.5. The first kappa shape index (κ1) is 25.5. The lowest BCUT2D eigenvalue weighted by Crippen LogP contribution is -2.53. The molecule has 2 heterocycles. The van der Waals surface area contributed by atoms with Gasteiger partial charge in [0.2, 0.25) is 0 Å². The Balaban J connectivity index is 1.26. The van der Waals surface area contributed by atoms with E-state index in [1.54, 1.807) is 12.4 Å². The Bertz CT molecular complexity index is 1240. The van der Waals surface area contributed by atoms with Crippen LogP contribution in [-0.2, 0) is 12.8 Å². The van der Waals surface area contributed by atoms with Gasteiger partial charge in [0.1, 0.15) is 12.1 Å². The zero-order chi connectivity index (χ0) is 26.4. The lowest BCUT2D eigenvalue weighted by Gasteiger charge is -2.55. The Kier molecular flexibility index (Phi) is 6.77. The van der Waals surface area contributed by atoms with E-state index in [0.29, 0.717) is 23.5 Å². The number of fused-ring (bicyclic) bond motifs is 2. The monoisotopic (exact) mass is 515 g/mol. The van der Waals surface area contributed by atoms with Gasteiger partial charge in [-0.2, -0.15) is 5.10 Å². The van der Waals surface area contributed by atoms with E-state index in [1.165, 1.54) is 36.8 Å². The van der Waals surface area contributed by atoms with E-state index in [9.17, 15) is 5.11 Å². The van der Waals surface area contributed by atoms with Crippen LogP contribution in [0.1, 0.15) is 51.3 Å². The highest BCUT2D eigenvalue weighted by atomic mass is 16.5. The molecular formula is C31H41N5O2. The van der Waals surface area contributed by atoms with E-state index in [0.717, 1.165) is 48.6 Å². The summed E-state index contributed by atoms with van der Waals surface area (Å²) in [6.07, 6.45) is 12.5. The molecule has 202 valence electrons. The molecule has 3 N–H and O–H groups in total. The van der Waals surface area contributed by atoms with E-state index in [2.05, 4.69) is 36.9 Å². The van der Waals surface area contributed by atoms with Crippen molar-refractivity contribution in [2.24, 2.45) is 52.6 Å². The Labute approximate surface area is 225 Å². The molecule has 2 aromatic heterocycles. The van der Waals surface area contributed by atoms with Crippen molar-refractivity contribution in [1.29, 1.82) is 0 Å². The number of hydrogen-bond acceptors (Lipinski definition) is 6. The third-order valence-corrected chi connectivity index (χ3v) is 10.5. The zero-order valence-corrected chi connectivity index (χ0v) is 22.8. The fraction of sp³-hybridized carbons (Fsp3) is 0.581. The summed E-state index contributed by atoms with van der Waals surface area (Å²) in [4.78, 5) is 8.01. The Morgan fingerprint density at radius 3 is 2.53 bits per heavy atom. The molecule has 2 fully saturated rings. The van der Waals surface area contributed by atoms with Crippen LogP contribution in [0.4, 0.5) is 0 Å². The number of aromatic nitrogens is 4. The number of benzene rings is 1. The maximum Gasteiger partial charge on any atom is 0.163 e. The lowest BCUT2D eigenvalue weighted by molar-refractivity contribution is -0.0607. The van der Waals surface area contributed by atoms with Crippen molar-refractivity contribution < 1.29 is 9.84 Å². The maximum atomic E-state index is 10.7. The van der Waals surface area contributed by atoms with Crippen LogP contribution in [0.15, 0.2) is 49.2 Å². The molecule has 0 aliphatic heterocycles. The molecule has 2 saturated carbocycles. The van der Waals surface area contributed by atoms with Gasteiger partial charge < -0.3 is 15.6 Å². The number of rotatable bonds is 6. The lowest BCUT2D eigenvalue weighted by atomic mass is 9.50. The van der Waals surface area contributed by atoms with Crippen molar-refractivity contribution in [1.82, 2.24) is 19.7 Å². The molecule has 1 aromatic carbocycles. The number of aliphatic hydroxyl groups is 1. The quantitative estimate of drug-likeness (QED) is 0.476. The van der Waals surface area contributed by atoms with Crippen molar-refractivity contribution in [2.75, 3.05) is 13.2 Å². The van der Waals surface area contributed by atoms with Crippen LogP contribution >= 0.6 is 0 Å². The van der Waals surface area contributed by atoms with Crippen molar-refractivity contribution in [2.45, 2.75) is 52.9 Å². The van der Waals surface area contributed by atoms with Gasteiger partial charge in [-0.15, -0.1) is 0 Å². The van der Waals surface area contributed by atoms with Gasteiger partial charge in [0, 0.05) is 12.3 Å². The molecule has 7 nitrogen and oxygen atoms in total. The van der Waals surface area contributed by atoms with Crippen LogP contribution in [0, 0.1) is 46.8 Å². The summed E-state index contributed by atoms with van der Waals surface area (Å²) in [6.45, 7) is 8.31. The summed E-state index contributed by atoms with van der Waals surface area (Å²) >= 11 is 0. The minimum atomic E-state index is 0.0140. The summed E-state index contributed by atoms with van der Waals surface area (Å²) in [7, 11) is 0. The van der Waals surface area contributed by atoms with Crippen molar-refractivity contribution >= 4 is 0 Å². The van der Waals surface area contributed by atoms with Gasteiger partial charge in [0.25, 0.3) is 0 Å². The molecule has 3 aromatic rings. The SMILES string of the molecule is C[C@@H]1C[C@H]([C@@]2(C)Cc3cnn(-c4ccc(Oc5cncnc5)cc4)c3C[C@@H]2CO)[C@@H](CN)[C@H]2CC[C@H](C)[C@@H]21. The summed E-state index contributed by atoms with van der Waals surface area (Å²) in [6, 6.07) is 7.95. The van der Waals surface area contributed by atoms with E-state index in [-0.39, 0.29) is 17.9 Å². The minimum absolute atomic E-state index is 0.0140. The molecule has 0 amide bonds. The van der Waals surface area contributed by atoms with Gasteiger partial charge >= 0.3 is 0 Å². The molecule has 0 radical (unpaired) electrons. The van der Waals surface area contributed by atoms with Crippen LogP contribution < -0.4 is 10.5 Å². The molecule has 38 heavy (non-hydrogen) atoms. The standard InChI is InChI=1S/C31H41N5O2/c1-19-4-9-26-27(13-32)28(10-20(2)30(19)26)31(3)12-21-14-35-36(29(21)11-22(31)17-37)23-5-7-24(8-6-23)38-25-15-33-18-34-16-25/h5-8,14-16,18-20,22,26-28,30,37H,4,9-13,17,32H2,1-3H3/t19-,20+,22+,26+,27-,28-,30+,31-/m0/s1. The summed E-state index contributed by atoms with van der Waals surface area (Å²) in [5.41, 5.74) is 10.1. The van der Waals surface area contributed by atoms with Gasteiger partial charge in [0.05, 0.1) is 24.3 Å². The normalized spacial score (nSPS) is 34.5. The fourth-order valence-electron chi connectivity index (χ4n) is 8.73. The largest absolute Gasteiger partial charge is 0.454 e. The zero-order valence-electron chi connectivity index (χ0n) is 22.8. The fourth-order valence-corrected chi connectivity index (χ4v) is 8.73. The van der Waals surface area contributed by atoms with E-state index >= 15 is 0 Å². The predicted octanol–water partition coefficient (Wildman–Crippen LogP) is 5.06. The summed E-state index contributed by atoms with van der Waals surface area (Å²) < 4.78 is 7.91. The summed E-state index contributed by atoms with van der Waals surface area (Å²) in [5.74, 6) is 5.64. The van der Waals surface area contributed by atoms with Crippen molar-refractivity contribution in [3.63, 3.8) is 0 Å². The van der Waals surface area contributed by atoms with Crippen LogP contribution in [-0.4, -0.2) is 38.0 Å². The molecule has 0 unspecified atom stereocenters. The smallest absolute Gasteiger partial charge is 0.163 e. The first-order valence-corrected chi connectivity index (χ1v) is 14.3. The number of ether oxygens (including phenoxy) is 1. The van der Waals surface area contributed by atoms with E-state index in [1.807, 2.05) is 28.9 Å². The van der Waals surface area contributed by atoms with E-state index in [4.69, 9.17) is 15.6 Å². The highest BCUT2D eigenvalue weighted by Crippen LogP contribution is 2.59. The average Bonchev–Trinajstić information content (AvgIpc) is 3.52. The molecular weight excluding hydrogens is 474 g/mol. The first-order valence-electron chi connectivity index (χ1n) is 14.3. The van der Waals surface area contributed by atoms with Gasteiger partial charge in [-0.1, -0.05) is 27.2 Å². The molecule has 8 atom stereocenters. The number of nitrogens with two attached hydrogens (primary N) is 1.